The summed E-state index contributed by atoms with van der Waals surface area (Å²) in [7, 11) is 1.59. The molecule has 0 radical (unpaired) electrons. The number of fused-ring (bicyclic) bond motifs is 2. The Kier molecular flexibility index (Phi) is 6.64. The zero-order valence-corrected chi connectivity index (χ0v) is 20.2. The Morgan fingerprint density at radius 1 is 1.20 bits per heavy atom. The molecule has 3 aliphatic rings. The number of aliphatic hydroxyl groups excluding tert-OH is 1. The number of aromatic amines is 1. The number of nitrogens with one attached hydrogen (secondary N) is 2. The fraction of sp³-hybridized carbons (Fsp3) is 0.462. The van der Waals surface area contributed by atoms with Crippen LogP contribution in [0.5, 0.6) is 5.75 Å². The first-order chi connectivity index (χ1) is 16.9. The number of ether oxygens (including phenoxy) is 2. The molecule has 0 bridgehead atoms. The van der Waals surface area contributed by atoms with Gasteiger partial charge in [0.1, 0.15) is 5.75 Å². The Morgan fingerprint density at radius 2 is 2.00 bits per heavy atom. The average molecular weight is 481 g/mol. The highest BCUT2D eigenvalue weighted by Crippen LogP contribution is 2.36. The van der Waals surface area contributed by atoms with Crippen molar-refractivity contribution >= 4 is 29.2 Å². The summed E-state index contributed by atoms with van der Waals surface area (Å²) >= 11 is 0. The van der Waals surface area contributed by atoms with Crippen molar-refractivity contribution in [1.82, 2.24) is 14.8 Å². The lowest BCUT2D eigenvalue weighted by atomic mass is 10.0. The van der Waals surface area contributed by atoms with Crippen molar-refractivity contribution in [2.45, 2.75) is 25.9 Å². The molecule has 1 fully saturated rings. The smallest absolute Gasteiger partial charge is 0.256 e. The minimum absolute atomic E-state index is 0.0714. The maximum Gasteiger partial charge on any atom is 0.256 e. The number of aliphatic hydroxyl groups is 1. The fourth-order valence-corrected chi connectivity index (χ4v) is 5.16. The van der Waals surface area contributed by atoms with Crippen molar-refractivity contribution in [3.05, 3.63) is 46.3 Å². The van der Waals surface area contributed by atoms with Gasteiger partial charge in [-0.3, -0.25) is 14.5 Å². The molecule has 0 spiro atoms. The highest BCUT2D eigenvalue weighted by molar-refractivity contribution is 6.35. The number of hydrogen-bond donors (Lipinski definition) is 3. The second-order valence-corrected chi connectivity index (χ2v) is 9.36. The van der Waals surface area contributed by atoms with E-state index in [1.54, 1.807) is 18.1 Å². The van der Waals surface area contributed by atoms with Gasteiger partial charge in [0, 0.05) is 55.7 Å². The number of morpholine rings is 1. The Morgan fingerprint density at radius 3 is 2.77 bits per heavy atom. The van der Waals surface area contributed by atoms with Crippen LogP contribution in [0.3, 0.4) is 0 Å². The van der Waals surface area contributed by atoms with E-state index in [9.17, 15) is 14.7 Å². The Bertz CT molecular complexity index is 1160. The summed E-state index contributed by atoms with van der Waals surface area (Å²) in [4.78, 5) is 33.5. The van der Waals surface area contributed by atoms with E-state index in [4.69, 9.17) is 9.47 Å². The minimum Gasteiger partial charge on any atom is -0.497 e. The first kappa shape index (κ1) is 23.6. The van der Waals surface area contributed by atoms with Gasteiger partial charge in [-0.25, -0.2) is 0 Å². The van der Waals surface area contributed by atoms with Gasteiger partial charge in [0.2, 0.25) is 0 Å². The fourth-order valence-electron chi connectivity index (χ4n) is 5.16. The summed E-state index contributed by atoms with van der Waals surface area (Å²) < 4.78 is 10.6. The molecule has 4 heterocycles. The maximum atomic E-state index is 13.5. The highest BCUT2D eigenvalue weighted by Gasteiger charge is 2.30. The van der Waals surface area contributed by atoms with Crippen LogP contribution in [0.15, 0.2) is 18.2 Å². The lowest BCUT2D eigenvalue weighted by molar-refractivity contribution is -0.110. The zero-order valence-electron chi connectivity index (χ0n) is 20.2. The van der Waals surface area contributed by atoms with Crippen LogP contribution in [0.2, 0.25) is 0 Å². The van der Waals surface area contributed by atoms with Gasteiger partial charge in [-0.2, -0.15) is 0 Å². The SMILES string of the molecule is COc1ccc2c(c1)NC(=O)C2=Cc1[nH]c2c(c1C)C(=O)N(CC(O)CN1CCOCC1)CCC2. The second kappa shape index (κ2) is 9.85. The van der Waals surface area contributed by atoms with Crippen LogP contribution in [0.25, 0.3) is 11.6 Å². The number of aryl methyl sites for hydroxylation is 1. The summed E-state index contributed by atoms with van der Waals surface area (Å²) in [6, 6.07) is 5.49. The Hall–Kier alpha value is -3.14. The van der Waals surface area contributed by atoms with Crippen molar-refractivity contribution in [3.8, 4) is 5.75 Å². The van der Waals surface area contributed by atoms with Gasteiger partial charge >= 0.3 is 0 Å². The predicted molar refractivity (Wildman–Crippen MR) is 133 cm³/mol. The molecule has 3 N–H and O–H groups in total. The van der Waals surface area contributed by atoms with Crippen LogP contribution in [-0.4, -0.2) is 90.9 Å². The van der Waals surface area contributed by atoms with Crippen LogP contribution in [-0.2, 0) is 16.0 Å². The average Bonchev–Trinajstić information content (AvgIpc) is 3.27. The van der Waals surface area contributed by atoms with Crippen molar-refractivity contribution in [2.75, 3.05) is 58.4 Å². The number of rotatable bonds is 6. The molecule has 9 heteroatoms. The minimum atomic E-state index is -0.616. The number of nitrogens with zero attached hydrogens (tertiary/aromatic N) is 2. The molecular weight excluding hydrogens is 448 g/mol. The Labute approximate surface area is 204 Å². The number of aromatic nitrogens is 1. The van der Waals surface area contributed by atoms with E-state index >= 15 is 0 Å². The molecule has 1 unspecified atom stereocenters. The number of methoxy groups -OCH3 is 1. The summed E-state index contributed by atoms with van der Waals surface area (Å²) in [5.74, 6) is 0.420. The molecule has 0 saturated carbocycles. The van der Waals surface area contributed by atoms with E-state index in [2.05, 4.69) is 15.2 Å². The number of carbonyl (C=O) groups excluding carboxylic acids is 2. The van der Waals surface area contributed by atoms with E-state index in [1.807, 2.05) is 25.1 Å². The van der Waals surface area contributed by atoms with E-state index in [-0.39, 0.29) is 11.8 Å². The number of hydrogen-bond acceptors (Lipinski definition) is 6. The molecule has 3 aliphatic heterocycles. The predicted octanol–water partition coefficient (Wildman–Crippen LogP) is 1.91. The van der Waals surface area contributed by atoms with E-state index in [0.29, 0.717) is 55.4 Å². The number of β-amino-alcohol motifs (C(OH)–C–C–N with tert-alkyl or cyclic N) is 1. The molecule has 5 rings (SSSR count). The van der Waals surface area contributed by atoms with Gasteiger partial charge in [0.25, 0.3) is 11.8 Å². The number of H-pyrrole nitrogens is 1. The lowest BCUT2D eigenvalue weighted by Crippen LogP contribution is -2.46. The molecule has 2 aromatic rings. The van der Waals surface area contributed by atoms with E-state index in [0.717, 1.165) is 48.4 Å². The number of anilines is 1. The summed E-state index contributed by atoms with van der Waals surface area (Å²) in [5.41, 5.74) is 5.18. The van der Waals surface area contributed by atoms with Gasteiger partial charge in [0.05, 0.1) is 43.3 Å². The van der Waals surface area contributed by atoms with Gasteiger partial charge in [0.15, 0.2) is 0 Å². The third-order valence-electron chi connectivity index (χ3n) is 7.02. The molecule has 35 heavy (non-hydrogen) atoms. The molecule has 0 aliphatic carbocycles. The highest BCUT2D eigenvalue weighted by atomic mass is 16.5. The number of benzene rings is 1. The number of amides is 2. The van der Waals surface area contributed by atoms with Crippen molar-refractivity contribution in [2.24, 2.45) is 0 Å². The molecule has 2 amide bonds. The maximum absolute atomic E-state index is 13.5. The monoisotopic (exact) mass is 480 g/mol. The molecule has 1 aromatic carbocycles. The second-order valence-electron chi connectivity index (χ2n) is 9.36. The van der Waals surface area contributed by atoms with Crippen molar-refractivity contribution < 1.29 is 24.2 Å². The molecule has 9 nitrogen and oxygen atoms in total. The topological polar surface area (TPSA) is 107 Å². The van der Waals surface area contributed by atoms with Crippen LogP contribution in [0.1, 0.15) is 39.3 Å². The first-order valence-electron chi connectivity index (χ1n) is 12.1. The summed E-state index contributed by atoms with van der Waals surface area (Å²) in [5, 5.41) is 13.6. The normalized spacial score (nSPS) is 20.4. The standard InChI is InChI=1S/C26H32N4O5/c1-16-22(13-20-19-6-5-18(34-2)12-23(19)28-25(20)32)27-21-4-3-7-30(26(33)24(16)21)15-17(31)14-29-8-10-35-11-9-29/h5-6,12-13,17,27,31H,3-4,7-11,14-15H2,1-2H3,(H,28,32). The largest absolute Gasteiger partial charge is 0.497 e. The van der Waals surface area contributed by atoms with E-state index in [1.165, 1.54) is 0 Å². The molecule has 1 saturated heterocycles. The van der Waals surface area contributed by atoms with Gasteiger partial charge < -0.3 is 29.8 Å². The van der Waals surface area contributed by atoms with Crippen LogP contribution < -0.4 is 10.1 Å². The quantitative estimate of drug-likeness (QED) is 0.546. The van der Waals surface area contributed by atoms with Crippen molar-refractivity contribution in [1.29, 1.82) is 0 Å². The zero-order chi connectivity index (χ0) is 24.5. The molecule has 1 atom stereocenters. The van der Waals surface area contributed by atoms with Gasteiger partial charge in [-0.15, -0.1) is 0 Å². The number of carbonyl (C=O) groups is 2. The van der Waals surface area contributed by atoms with Crippen LogP contribution in [0, 0.1) is 6.92 Å². The van der Waals surface area contributed by atoms with Gasteiger partial charge in [-0.05, 0) is 43.5 Å². The summed E-state index contributed by atoms with van der Waals surface area (Å²) in [6.07, 6.45) is 2.75. The molecular formula is C26H32N4O5. The molecule has 186 valence electrons. The molecule has 1 aromatic heterocycles. The third kappa shape index (κ3) is 4.71. The van der Waals surface area contributed by atoms with Crippen LogP contribution >= 0.6 is 0 Å². The van der Waals surface area contributed by atoms with Crippen LogP contribution in [0.4, 0.5) is 5.69 Å². The lowest BCUT2D eigenvalue weighted by Gasteiger charge is -2.31. The third-order valence-corrected chi connectivity index (χ3v) is 7.02. The Balaban J connectivity index is 1.37. The first-order valence-corrected chi connectivity index (χ1v) is 12.1. The van der Waals surface area contributed by atoms with Crippen molar-refractivity contribution in [3.63, 3.8) is 0 Å². The van der Waals surface area contributed by atoms with Gasteiger partial charge in [-0.1, -0.05) is 0 Å². The van der Waals surface area contributed by atoms with E-state index < -0.39 is 6.10 Å². The summed E-state index contributed by atoms with van der Waals surface area (Å²) in [6.45, 7) is 6.30.